The summed E-state index contributed by atoms with van der Waals surface area (Å²) in [6.45, 7) is 0. The van der Waals surface area contributed by atoms with Crippen molar-refractivity contribution in [2.24, 2.45) is 0 Å². The molecule has 13 aromatic carbocycles. The molecule has 0 unspecified atom stereocenters. The fourth-order valence-electron chi connectivity index (χ4n) is 13.6. The molecular formula is C75H48N2. The van der Waals surface area contributed by atoms with E-state index in [1.54, 1.807) is 0 Å². The summed E-state index contributed by atoms with van der Waals surface area (Å²) in [6.07, 6.45) is 0. The highest BCUT2D eigenvalue weighted by molar-refractivity contribution is 6.22. The lowest BCUT2D eigenvalue weighted by molar-refractivity contribution is 0.793. The number of aromatic nitrogens is 1. The molecule has 0 N–H and O–H groups in total. The number of rotatable bonds is 7. The Balaban J connectivity index is 0.881. The fourth-order valence-corrected chi connectivity index (χ4v) is 13.6. The zero-order chi connectivity index (χ0) is 50.6. The van der Waals surface area contributed by atoms with Gasteiger partial charge in [0.1, 0.15) is 0 Å². The van der Waals surface area contributed by atoms with Crippen molar-refractivity contribution in [3.8, 4) is 61.3 Å². The second-order valence-electron chi connectivity index (χ2n) is 20.7. The molecule has 2 aliphatic carbocycles. The van der Waals surface area contributed by atoms with E-state index in [-0.39, 0.29) is 0 Å². The van der Waals surface area contributed by atoms with Crippen LogP contribution in [0.2, 0.25) is 0 Å². The second-order valence-corrected chi connectivity index (χ2v) is 20.7. The first-order valence-corrected chi connectivity index (χ1v) is 26.7. The van der Waals surface area contributed by atoms with E-state index in [2.05, 4.69) is 301 Å². The van der Waals surface area contributed by atoms with Crippen molar-refractivity contribution in [1.29, 1.82) is 0 Å². The van der Waals surface area contributed by atoms with Crippen molar-refractivity contribution in [3.63, 3.8) is 0 Å². The van der Waals surface area contributed by atoms with Crippen molar-refractivity contribution in [2.45, 2.75) is 5.41 Å². The van der Waals surface area contributed by atoms with Gasteiger partial charge in [0.25, 0.3) is 0 Å². The molecule has 0 amide bonds. The Morgan fingerprint density at radius 2 is 0.649 bits per heavy atom. The molecule has 0 fully saturated rings. The van der Waals surface area contributed by atoms with Crippen molar-refractivity contribution in [2.75, 3.05) is 4.90 Å². The largest absolute Gasteiger partial charge is 0.310 e. The highest BCUT2D eigenvalue weighted by Crippen LogP contribution is 2.63. The van der Waals surface area contributed by atoms with Crippen molar-refractivity contribution in [1.82, 2.24) is 4.57 Å². The minimum atomic E-state index is -0.467. The van der Waals surface area contributed by atoms with E-state index in [0.29, 0.717) is 0 Å². The summed E-state index contributed by atoms with van der Waals surface area (Å²) in [6, 6.07) is 108. The third-order valence-corrected chi connectivity index (χ3v) is 16.8. The topological polar surface area (TPSA) is 8.17 Å². The number of para-hydroxylation sites is 2. The molecule has 358 valence electrons. The van der Waals surface area contributed by atoms with Gasteiger partial charge in [-0.05, 0) is 166 Å². The van der Waals surface area contributed by atoms with Gasteiger partial charge < -0.3 is 9.47 Å². The van der Waals surface area contributed by atoms with Gasteiger partial charge in [0.05, 0.1) is 16.4 Å². The Kier molecular flexibility index (Phi) is 9.58. The number of nitrogens with zero attached hydrogens (tertiary/aromatic N) is 2. The molecule has 2 aliphatic rings. The van der Waals surface area contributed by atoms with Gasteiger partial charge in [-0.3, -0.25) is 0 Å². The first-order valence-electron chi connectivity index (χ1n) is 26.7. The SMILES string of the molecule is c1ccc(-c2c3ccccc3c(-c3ccccc3)c3cc(-c4ccc(N(c5ccc(-n6c7ccccc7c7ccccc76)cc5)c5ccc6c(c5)C5(c7ccccc7-c7ccccc75)c5ccccc5-6)cc4)ccc23)cc1. The lowest BCUT2D eigenvalue weighted by atomic mass is 9.70. The lowest BCUT2D eigenvalue weighted by Gasteiger charge is -2.32. The van der Waals surface area contributed by atoms with E-state index in [1.165, 1.54) is 116 Å². The van der Waals surface area contributed by atoms with Gasteiger partial charge in [0, 0.05) is 33.5 Å². The van der Waals surface area contributed by atoms with Gasteiger partial charge in [-0.15, -0.1) is 0 Å². The summed E-state index contributed by atoms with van der Waals surface area (Å²) in [5, 5.41) is 7.50. The van der Waals surface area contributed by atoms with E-state index >= 15 is 0 Å². The van der Waals surface area contributed by atoms with Crippen LogP contribution in [-0.2, 0) is 5.41 Å². The third-order valence-electron chi connectivity index (χ3n) is 16.8. The van der Waals surface area contributed by atoms with Gasteiger partial charge >= 0.3 is 0 Å². The van der Waals surface area contributed by atoms with Crippen LogP contribution < -0.4 is 4.90 Å². The molecule has 2 heteroatoms. The highest BCUT2D eigenvalue weighted by Gasteiger charge is 2.51. The maximum atomic E-state index is 2.49. The van der Waals surface area contributed by atoms with Crippen LogP contribution in [-0.4, -0.2) is 4.57 Å². The van der Waals surface area contributed by atoms with Crippen LogP contribution in [0.5, 0.6) is 0 Å². The van der Waals surface area contributed by atoms with Crippen molar-refractivity contribution in [3.05, 3.63) is 313 Å². The molecule has 14 aromatic rings. The standard InChI is InChI=1S/C75H48N2/c1-3-19-50(20-4-1)73-63-28-7-8-29-64(63)74(51-21-5-2-6-22-51)66-47-52(37-45-65(66)73)49-35-38-53(39-36-49)76(54-40-42-55(43-41-54)77-71-33-17-12-26-61(71)62-27-13-18-34-72(62)77)56-44-46-60-59-25-11-16-32-69(59)75(70(60)48-56)67-30-14-9-23-57(67)58-24-10-15-31-68(58)75/h1-48H. The van der Waals surface area contributed by atoms with Crippen molar-refractivity contribution < 1.29 is 0 Å². The van der Waals surface area contributed by atoms with E-state index in [0.717, 1.165) is 28.3 Å². The Bertz CT molecular complexity index is 4550. The number of hydrogen-bond donors (Lipinski definition) is 0. The van der Waals surface area contributed by atoms with Crippen LogP contribution in [0.15, 0.2) is 291 Å². The van der Waals surface area contributed by atoms with Crippen LogP contribution in [0, 0.1) is 0 Å². The molecule has 16 rings (SSSR count). The van der Waals surface area contributed by atoms with E-state index in [4.69, 9.17) is 0 Å². The maximum absolute atomic E-state index is 2.49. The Morgan fingerprint density at radius 1 is 0.247 bits per heavy atom. The molecule has 1 aromatic heterocycles. The summed E-state index contributed by atoms with van der Waals surface area (Å²) >= 11 is 0. The molecule has 2 nitrogen and oxygen atoms in total. The molecule has 0 saturated carbocycles. The normalized spacial score (nSPS) is 12.8. The number of fused-ring (bicyclic) bond motifs is 15. The molecular weight excluding hydrogens is 929 g/mol. The van der Waals surface area contributed by atoms with Gasteiger partial charge in [-0.25, -0.2) is 0 Å². The quantitative estimate of drug-likeness (QED) is 0.145. The molecule has 0 radical (unpaired) electrons. The summed E-state index contributed by atoms with van der Waals surface area (Å²) in [5.74, 6) is 0. The molecule has 0 aliphatic heterocycles. The molecule has 1 spiro atoms. The molecule has 0 saturated heterocycles. The molecule has 0 atom stereocenters. The summed E-state index contributed by atoms with van der Waals surface area (Å²) < 4.78 is 2.40. The van der Waals surface area contributed by atoms with Gasteiger partial charge in [-0.2, -0.15) is 0 Å². The van der Waals surface area contributed by atoms with Gasteiger partial charge in [0.2, 0.25) is 0 Å². The second kappa shape index (κ2) is 17.0. The molecule has 0 bridgehead atoms. The maximum Gasteiger partial charge on any atom is 0.0726 e. The van der Waals surface area contributed by atoms with Crippen molar-refractivity contribution >= 4 is 60.4 Å². The number of benzene rings is 13. The van der Waals surface area contributed by atoms with E-state index in [1.807, 2.05) is 0 Å². The smallest absolute Gasteiger partial charge is 0.0726 e. The number of anilines is 3. The van der Waals surface area contributed by atoms with Crippen LogP contribution in [0.3, 0.4) is 0 Å². The van der Waals surface area contributed by atoms with E-state index in [9.17, 15) is 0 Å². The summed E-state index contributed by atoms with van der Waals surface area (Å²) in [4.78, 5) is 2.45. The Hall–Kier alpha value is -10.0. The molecule has 77 heavy (non-hydrogen) atoms. The minimum absolute atomic E-state index is 0.467. The monoisotopic (exact) mass is 976 g/mol. The summed E-state index contributed by atoms with van der Waals surface area (Å²) in [5.41, 5.74) is 24.1. The van der Waals surface area contributed by atoms with E-state index < -0.39 is 5.41 Å². The van der Waals surface area contributed by atoms with Crippen LogP contribution in [0.25, 0.3) is 105 Å². The molecule has 1 heterocycles. The van der Waals surface area contributed by atoms with Gasteiger partial charge in [0.15, 0.2) is 0 Å². The minimum Gasteiger partial charge on any atom is -0.310 e. The zero-order valence-electron chi connectivity index (χ0n) is 42.1. The highest BCUT2D eigenvalue weighted by atomic mass is 15.1. The lowest BCUT2D eigenvalue weighted by Crippen LogP contribution is -2.26. The van der Waals surface area contributed by atoms with Crippen LogP contribution >= 0.6 is 0 Å². The zero-order valence-corrected chi connectivity index (χ0v) is 42.1. The van der Waals surface area contributed by atoms with Crippen LogP contribution in [0.1, 0.15) is 22.3 Å². The van der Waals surface area contributed by atoms with Crippen LogP contribution in [0.4, 0.5) is 17.1 Å². The Labute approximate surface area is 447 Å². The third kappa shape index (κ3) is 6.37. The number of hydrogen-bond acceptors (Lipinski definition) is 1. The fraction of sp³-hybridized carbons (Fsp3) is 0.0133. The first kappa shape index (κ1) is 43.4. The summed E-state index contributed by atoms with van der Waals surface area (Å²) in [7, 11) is 0. The Morgan fingerprint density at radius 3 is 1.19 bits per heavy atom. The predicted octanol–water partition coefficient (Wildman–Crippen LogP) is 19.9. The average molecular weight is 977 g/mol. The first-order chi connectivity index (χ1) is 38.2. The van der Waals surface area contributed by atoms with Gasteiger partial charge in [-0.1, -0.05) is 224 Å². The predicted molar refractivity (Wildman–Crippen MR) is 323 cm³/mol. The average Bonchev–Trinajstić information content (AvgIpc) is 4.12.